The van der Waals surface area contributed by atoms with E-state index in [-0.39, 0.29) is 5.91 Å². The number of ether oxygens (including phenoxy) is 1. The van der Waals surface area contributed by atoms with Crippen LogP contribution in [0.15, 0.2) is 24.3 Å². The molecule has 3 N–H and O–H groups in total. The largest absolute Gasteiger partial charge is 0.383 e. The molecule has 0 aliphatic carbocycles. The molecule has 0 aliphatic rings. The third-order valence-corrected chi connectivity index (χ3v) is 2.92. The van der Waals surface area contributed by atoms with Crippen LogP contribution in [-0.2, 0) is 4.74 Å². The van der Waals surface area contributed by atoms with Gasteiger partial charge in [0.05, 0.1) is 13.2 Å². The van der Waals surface area contributed by atoms with Gasteiger partial charge in [0.25, 0.3) is 5.91 Å². The number of hydrogen-bond donors (Lipinski definition) is 2. The summed E-state index contributed by atoms with van der Waals surface area (Å²) in [6.07, 6.45) is 0. The molecule has 0 aliphatic heterocycles. The Hall–Kier alpha value is -1.87. The lowest BCUT2D eigenvalue weighted by Gasteiger charge is -2.16. The van der Waals surface area contributed by atoms with Crippen LogP contribution in [0.3, 0.4) is 0 Å². The molecular weight excluding hydrogens is 266 g/mol. The molecule has 0 radical (unpaired) electrons. The molecule has 0 fully saturated rings. The minimum Gasteiger partial charge on any atom is -0.383 e. The van der Waals surface area contributed by atoms with Gasteiger partial charge in [-0.3, -0.25) is 4.79 Å². The fourth-order valence-corrected chi connectivity index (χ4v) is 1.71. The van der Waals surface area contributed by atoms with Crippen molar-refractivity contribution in [3.8, 4) is 11.8 Å². The van der Waals surface area contributed by atoms with Crippen LogP contribution in [0.4, 0.5) is 0 Å². The van der Waals surface area contributed by atoms with Crippen molar-refractivity contribution in [1.29, 1.82) is 0 Å². The van der Waals surface area contributed by atoms with Crippen LogP contribution < -0.4 is 11.1 Å². The number of carbonyl (C=O) groups excluding carboxylic acids is 1. The van der Waals surface area contributed by atoms with E-state index in [0.717, 1.165) is 18.7 Å². The number of likely N-dealkylation sites (N-methyl/N-ethyl adjacent to an activating group) is 1. The van der Waals surface area contributed by atoms with E-state index in [4.69, 9.17) is 10.5 Å². The molecule has 5 nitrogen and oxygen atoms in total. The summed E-state index contributed by atoms with van der Waals surface area (Å²) in [6, 6.07) is 7.22. The molecule has 0 aromatic heterocycles. The molecule has 0 unspecified atom stereocenters. The van der Waals surface area contributed by atoms with Crippen LogP contribution in [0, 0.1) is 11.8 Å². The average molecular weight is 289 g/mol. The molecule has 0 atom stereocenters. The number of benzene rings is 1. The fraction of sp³-hybridized carbons (Fsp3) is 0.438. The number of nitrogens with one attached hydrogen (secondary N) is 1. The normalized spacial score (nSPS) is 10.1. The molecule has 0 saturated carbocycles. The Balaban J connectivity index is 2.45. The Morgan fingerprint density at radius 2 is 2.24 bits per heavy atom. The van der Waals surface area contributed by atoms with E-state index in [0.29, 0.717) is 25.3 Å². The first-order chi connectivity index (χ1) is 10.2. The predicted molar refractivity (Wildman–Crippen MR) is 84.1 cm³/mol. The van der Waals surface area contributed by atoms with Gasteiger partial charge in [0.2, 0.25) is 0 Å². The van der Waals surface area contributed by atoms with E-state index in [1.54, 1.807) is 19.2 Å². The van der Waals surface area contributed by atoms with Crippen LogP contribution >= 0.6 is 0 Å². The first kappa shape index (κ1) is 17.2. The van der Waals surface area contributed by atoms with E-state index in [1.807, 2.05) is 19.2 Å². The zero-order chi connectivity index (χ0) is 15.5. The van der Waals surface area contributed by atoms with Gasteiger partial charge >= 0.3 is 0 Å². The zero-order valence-corrected chi connectivity index (χ0v) is 12.7. The SMILES string of the molecule is COCCN(C)CCNC(=O)c1cccc(C#CCN)c1. The Labute approximate surface area is 126 Å². The van der Waals surface area contributed by atoms with Crippen LogP contribution in [-0.4, -0.2) is 57.8 Å². The summed E-state index contributed by atoms with van der Waals surface area (Å²) in [7, 11) is 3.67. The number of methoxy groups -OCH3 is 1. The van der Waals surface area contributed by atoms with Crippen molar-refractivity contribution in [3.63, 3.8) is 0 Å². The van der Waals surface area contributed by atoms with Crippen molar-refractivity contribution in [1.82, 2.24) is 10.2 Å². The molecule has 0 bridgehead atoms. The van der Waals surface area contributed by atoms with Crippen molar-refractivity contribution in [3.05, 3.63) is 35.4 Å². The highest BCUT2D eigenvalue weighted by Crippen LogP contribution is 2.03. The number of nitrogens with two attached hydrogens (primary N) is 1. The van der Waals surface area contributed by atoms with E-state index >= 15 is 0 Å². The topological polar surface area (TPSA) is 67.6 Å². The van der Waals surface area contributed by atoms with Gasteiger partial charge in [-0.2, -0.15) is 0 Å². The highest BCUT2D eigenvalue weighted by molar-refractivity contribution is 5.94. The molecule has 21 heavy (non-hydrogen) atoms. The number of carbonyl (C=O) groups is 1. The fourth-order valence-electron chi connectivity index (χ4n) is 1.71. The summed E-state index contributed by atoms with van der Waals surface area (Å²) < 4.78 is 5.00. The number of nitrogens with zero attached hydrogens (tertiary/aromatic N) is 1. The van der Waals surface area contributed by atoms with Gasteiger partial charge in [0, 0.05) is 37.9 Å². The maximum atomic E-state index is 12.0. The van der Waals surface area contributed by atoms with Gasteiger partial charge < -0.3 is 20.7 Å². The second kappa shape index (κ2) is 9.94. The van der Waals surface area contributed by atoms with Gasteiger partial charge in [0.1, 0.15) is 0 Å². The van der Waals surface area contributed by atoms with Crippen molar-refractivity contribution < 1.29 is 9.53 Å². The third kappa shape index (κ3) is 6.91. The lowest BCUT2D eigenvalue weighted by atomic mass is 10.1. The standard InChI is InChI=1S/C16H23N3O2/c1-19(11-12-21-2)10-9-18-16(20)15-7-3-5-14(13-15)6-4-8-17/h3,5,7,13H,8-12,17H2,1-2H3,(H,18,20). The van der Waals surface area contributed by atoms with E-state index in [2.05, 4.69) is 22.1 Å². The summed E-state index contributed by atoms with van der Waals surface area (Å²) >= 11 is 0. The minimum absolute atomic E-state index is 0.0912. The number of rotatable bonds is 7. The third-order valence-electron chi connectivity index (χ3n) is 2.92. The van der Waals surface area contributed by atoms with Gasteiger partial charge in [0.15, 0.2) is 0 Å². The molecular formula is C16H23N3O2. The number of hydrogen-bond acceptors (Lipinski definition) is 4. The van der Waals surface area contributed by atoms with E-state index in [9.17, 15) is 4.79 Å². The maximum absolute atomic E-state index is 12.0. The molecule has 0 spiro atoms. The van der Waals surface area contributed by atoms with Gasteiger partial charge in [-0.15, -0.1) is 0 Å². The van der Waals surface area contributed by atoms with Crippen LogP contribution in [0.25, 0.3) is 0 Å². The maximum Gasteiger partial charge on any atom is 0.251 e. The second-order valence-electron chi connectivity index (χ2n) is 4.64. The first-order valence-electron chi connectivity index (χ1n) is 6.92. The lowest BCUT2D eigenvalue weighted by molar-refractivity contribution is 0.0947. The quantitative estimate of drug-likeness (QED) is 0.709. The Morgan fingerprint density at radius 3 is 2.95 bits per heavy atom. The van der Waals surface area contributed by atoms with E-state index < -0.39 is 0 Å². The van der Waals surface area contributed by atoms with Gasteiger partial charge in [-0.1, -0.05) is 17.9 Å². The highest BCUT2D eigenvalue weighted by atomic mass is 16.5. The lowest BCUT2D eigenvalue weighted by Crippen LogP contribution is -2.34. The summed E-state index contributed by atoms with van der Waals surface area (Å²) in [5.74, 6) is 5.60. The summed E-state index contributed by atoms with van der Waals surface area (Å²) in [6.45, 7) is 3.21. The van der Waals surface area contributed by atoms with Crippen molar-refractivity contribution >= 4 is 5.91 Å². The highest BCUT2D eigenvalue weighted by Gasteiger charge is 2.05. The summed E-state index contributed by atoms with van der Waals surface area (Å²) in [4.78, 5) is 14.1. The Morgan fingerprint density at radius 1 is 1.43 bits per heavy atom. The minimum atomic E-state index is -0.0912. The summed E-state index contributed by atoms with van der Waals surface area (Å²) in [5, 5.41) is 2.90. The van der Waals surface area contributed by atoms with Crippen LogP contribution in [0.5, 0.6) is 0 Å². The molecule has 114 valence electrons. The molecule has 1 aromatic rings. The van der Waals surface area contributed by atoms with Crippen LogP contribution in [0.2, 0.25) is 0 Å². The predicted octanol–water partition coefficient (Wildman–Crippen LogP) is 0.305. The monoisotopic (exact) mass is 289 g/mol. The molecule has 1 amide bonds. The molecule has 0 heterocycles. The second-order valence-corrected chi connectivity index (χ2v) is 4.64. The summed E-state index contributed by atoms with van der Waals surface area (Å²) in [5.41, 5.74) is 6.74. The molecule has 1 aromatic carbocycles. The zero-order valence-electron chi connectivity index (χ0n) is 12.7. The van der Waals surface area contributed by atoms with Gasteiger partial charge in [-0.25, -0.2) is 0 Å². The molecule has 0 saturated heterocycles. The van der Waals surface area contributed by atoms with E-state index in [1.165, 1.54) is 0 Å². The van der Waals surface area contributed by atoms with Crippen molar-refractivity contribution in [2.24, 2.45) is 5.73 Å². The smallest absolute Gasteiger partial charge is 0.251 e. The molecule has 5 heteroatoms. The Bertz CT molecular complexity index is 506. The molecule has 1 rings (SSSR count). The first-order valence-corrected chi connectivity index (χ1v) is 6.92. The number of amides is 1. The van der Waals surface area contributed by atoms with Crippen molar-refractivity contribution in [2.75, 3.05) is 46.9 Å². The van der Waals surface area contributed by atoms with Crippen LogP contribution in [0.1, 0.15) is 15.9 Å². The van der Waals surface area contributed by atoms with Gasteiger partial charge in [-0.05, 0) is 25.2 Å². The van der Waals surface area contributed by atoms with Crippen molar-refractivity contribution in [2.45, 2.75) is 0 Å². The Kier molecular flexibility index (Phi) is 8.14. The average Bonchev–Trinajstić information content (AvgIpc) is 2.51.